The van der Waals surface area contributed by atoms with Gasteiger partial charge in [-0.25, -0.2) is 4.79 Å². The fourth-order valence-electron chi connectivity index (χ4n) is 3.54. The van der Waals surface area contributed by atoms with Crippen molar-refractivity contribution in [3.63, 3.8) is 0 Å². The molecule has 0 bridgehead atoms. The molecule has 0 aliphatic carbocycles. The molecule has 1 fully saturated rings. The Hall–Kier alpha value is -3.43. The molecule has 0 unspecified atom stereocenters. The van der Waals surface area contributed by atoms with Crippen LogP contribution in [0.3, 0.4) is 0 Å². The maximum absolute atomic E-state index is 13.3. The van der Waals surface area contributed by atoms with Crippen LogP contribution in [0, 0.1) is 0 Å². The van der Waals surface area contributed by atoms with Gasteiger partial charge in [0.05, 0.1) is 18.8 Å². The number of alkyl halides is 3. The average Bonchev–Trinajstić information content (AvgIpc) is 2.77. The molecule has 33 heavy (non-hydrogen) atoms. The van der Waals surface area contributed by atoms with Crippen LogP contribution < -0.4 is 4.74 Å². The smallest absolute Gasteiger partial charge is 0.418 e. The molecule has 1 saturated heterocycles. The average molecular weight is 459 g/mol. The summed E-state index contributed by atoms with van der Waals surface area (Å²) in [4.78, 5) is 14.4. The number of ether oxygens (including phenoxy) is 3. The lowest BCUT2D eigenvalue weighted by Gasteiger charge is -2.41. The second-order valence-corrected chi connectivity index (χ2v) is 7.60. The zero-order valence-corrected chi connectivity index (χ0v) is 17.3. The first kappa shape index (κ1) is 22.8. The summed E-state index contributed by atoms with van der Waals surface area (Å²) in [5, 5.41) is 8.87. The lowest BCUT2D eigenvalue weighted by atomic mass is 9.91. The van der Waals surface area contributed by atoms with Gasteiger partial charge in [0.15, 0.2) is 0 Å². The van der Waals surface area contributed by atoms with E-state index in [0.717, 1.165) is 11.8 Å². The van der Waals surface area contributed by atoms with Crippen LogP contribution >= 0.6 is 0 Å². The summed E-state index contributed by atoms with van der Waals surface area (Å²) in [7, 11) is 0. The van der Waals surface area contributed by atoms with E-state index in [2.05, 4.69) is 4.98 Å². The van der Waals surface area contributed by atoms with Crippen molar-refractivity contribution in [3.05, 3.63) is 83.7 Å². The van der Waals surface area contributed by atoms with E-state index < -0.39 is 29.9 Å². The normalized spacial score (nSPS) is 15.0. The molecule has 3 aromatic rings. The van der Waals surface area contributed by atoms with Gasteiger partial charge in [-0.2, -0.15) is 13.2 Å². The molecule has 1 aliphatic rings. The van der Waals surface area contributed by atoms with E-state index >= 15 is 0 Å². The van der Waals surface area contributed by atoms with Crippen LogP contribution in [0.4, 0.5) is 13.2 Å². The maximum atomic E-state index is 13.3. The Bertz CT molecular complexity index is 1130. The molecule has 1 N–H and O–H groups in total. The Balaban J connectivity index is 1.45. The fourth-order valence-corrected chi connectivity index (χ4v) is 3.54. The molecule has 2 heterocycles. The summed E-state index contributed by atoms with van der Waals surface area (Å²) < 4.78 is 56.5. The standard InChI is InChI=1S/C24H20F3NO5/c25-24(26,27)21-11-28-9-8-20(21)17-3-1-2-16(10-17)12-32-19-6-4-18(5-7-19)23(14-31-15-23)33-13-22(29)30/h1-11H,12-15H2,(H,29,30). The molecule has 172 valence electrons. The first-order valence-corrected chi connectivity index (χ1v) is 10.0. The molecule has 4 rings (SSSR count). The van der Waals surface area contributed by atoms with E-state index in [1.165, 1.54) is 12.3 Å². The van der Waals surface area contributed by atoms with Crippen LogP contribution in [-0.2, 0) is 32.7 Å². The van der Waals surface area contributed by atoms with Gasteiger partial charge in [-0.15, -0.1) is 0 Å². The largest absolute Gasteiger partial charge is 0.489 e. The van der Waals surface area contributed by atoms with Crippen LogP contribution in [0.1, 0.15) is 16.7 Å². The number of nitrogens with zero attached hydrogens (tertiary/aromatic N) is 1. The number of pyridine rings is 1. The van der Waals surface area contributed by atoms with Crippen LogP contribution in [-0.4, -0.2) is 35.9 Å². The number of carbonyl (C=O) groups is 1. The highest BCUT2D eigenvalue weighted by atomic mass is 19.4. The molecule has 0 saturated carbocycles. The van der Waals surface area contributed by atoms with Crippen molar-refractivity contribution in [1.29, 1.82) is 0 Å². The number of hydrogen-bond donors (Lipinski definition) is 1. The van der Waals surface area contributed by atoms with E-state index in [4.69, 9.17) is 19.3 Å². The number of rotatable bonds is 8. The Morgan fingerprint density at radius 1 is 1.12 bits per heavy atom. The summed E-state index contributed by atoms with van der Waals surface area (Å²) in [6, 6.07) is 15.1. The van der Waals surface area contributed by atoms with Crippen LogP contribution in [0.15, 0.2) is 67.0 Å². The van der Waals surface area contributed by atoms with Crippen LogP contribution in [0.5, 0.6) is 5.75 Å². The number of benzene rings is 2. The third-order valence-corrected chi connectivity index (χ3v) is 5.29. The van der Waals surface area contributed by atoms with Crippen molar-refractivity contribution in [1.82, 2.24) is 4.98 Å². The highest BCUT2D eigenvalue weighted by Gasteiger charge is 2.42. The van der Waals surface area contributed by atoms with Gasteiger partial charge in [0, 0.05) is 12.4 Å². The molecule has 0 amide bonds. The minimum atomic E-state index is -4.51. The van der Waals surface area contributed by atoms with Crippen molar-refractivity contribution >= 4 is 5.97 Å². The summed E-state index contributed by atoms with van der Waals surface area (Å²) in [5.74, 6) is -0.504. The molecule has 1 aromatic heterocycles. The lowest BCUT2D eigenvalue weighted by Crippen LogP contribution is -2.49. The van der Waals surface area contributed by atoms with Gasteiger partial charge in [-0.1, -0.05) is 30.3 Å². The Kier molecular flexibility index (Phi) is 6.35. The van der Waals surface area contributed by atoms with Crippen molar-refractivity contribution in [2.45, 2.75) is 18.4 Å². The lowest BCUT2D eigenvalue weighted by molar-refractivity contribution is -0.220. The van der Waals surface area contributed by atoms with E-state index in [9.17, 15) is 18.0 Å². The highest BCUT2D eigenvalue weighted by molar-refractivity contribution is 5.68. The summed E-state index contributed by atoms with van der Waals surface area (Å²) >= 11 is 0. The second-order valence-electron chi connectivity index (χ2n) is 7.60. The third-order valence-electron chi connectivity index (χ3n) is 5.29. The van der Waals surface area contributed by atoms with Crippen molar-refractivity contribution in [3.8, 4) is 16.9 Å². The molecule has 0 atom stereocenters. The zero-order chi connectivity index (χ0) is 23.5. The Morgan fingerprint density at radius 3 is 2.52 bits per heavy atom. The highest BCUT2D eigenvalue weighted by Crippen LogP contribution is 2.37. The first-order chi connectivity index (χ1) is 15.8. The monoisotopic (exact) mass is 459 g/mol. The first-order valence-electron chi connectivity index (χ1n) is 10.0. The topological polar surface area (TPSA) is 77.9 Å². The number of halogens is 3. The zero-order valence-electron chi connectivity index (χ0n) is 17.3. The van der Waals surface area contributed by atoms with E-state index in [-0.39, 0.29) is 25.4 Å². The fraction of sp³-hybridized carbons (Fsp3) is 0.250. The van der Waals surface area contributed by atoms with Gasteiger partial charge in [0.1, 0.15) is 24.6 Å². The van der Waals surface area contributed by atoms with Gasteiger partial charge in [-0.05, 0) is 46.5 Å². The molecule has 1 aliphatic heterocycles. The summed E-state index contributed by atoms with van der Waals surface area (Å²) in [6.45, 7) is 0.263. The molecule has 0 radical (unpaired) electrons. The number of aliphatic carboxylic acids is 1. The maximum Gasteiger partial charge on any atom is 0.418 e. The van der Waals surface area contributed by atoms with Crippen molar-refractivity contribution < 1.29 is 37.3 Å². The third kappa shape index (κ3) is 5.15. The number of hydrogen-bond acceptors (Lipinski definition) is 5. The molecule has 2 aromatic carbocycles. The summed E-state index contributed by atoms with van der Waals surface area (Å²) in [5.41, 5.74) is 0.378. The van der Waals surface area contributed by atoms with Crippen molar-refractivity contribution in [2.24, 2.45) is 0 Å². The van der Waals surface area contributed by atoms with Gasteiger partial charge >= 0.3 is 12.1 Å². The van der Waals surface area contributed by atoms with Gasteiger partial charge < -0.3 is 19.3 Å². The number of aromatic nitrogens is 1. The van der Waals surface area contributed by atoms with E-state index in [0.29, 0.717) is 16.9 Å². The molecular formula is C24H20F3NO5. The number of carboxylic acids is 1. The van der Waals surface area contributed by atoms with Crippen LogP contribution in [0.2, 0.25) is 0 Å². The molecule has 9 heteroatoms. The Morgan fingerprint density at radius 2 is 1.88 bits per heavy atom. The second kappa shape index (κ2) is 9.21. The van der Waals surface area contributed by atoms with Gasteiger partial charge in [-0.3, -0.25) is 4.98 Å². The van der Waals surface area contributed by atoms with Gasteiger partial charge in [0.2, 0.25) is 0 Å². The van der Waals surface area contributed by atoms with Crippen molar-refractivity contribution in [2.75, 3.05) is 19.8 Å². The number of carboxylic acid groups (broad SMARTS) is 1. The quantitative estimate of drug-likeness (QED) is 0.528. The minimum Gasteiger partial charge on any atom is -0.489 e. The molecule has 6 nitrogen and oxygen atoms in total. The minimum absolute atomic E-state index is 0.0538. The predicted octanol–water partition coefficient (Wildman–Crippen LogP) is 4.67. The Labute approximate surface area is 187 Å². The van der Waals surface area contributed by atoms with E-state index in [1.54, 1.807) is 48.5 Å². The SMILES string of the molecule is O=C(O)COC1(c2ccc(OCc3cccc(-c4ccncc4C(F)(F)F)c3)cc2)COC1. The molecular weight excluding hydrogens is 439 g/mol. The van der Waals surface area contributed by atoms with E-state index in [1.807, 2.05) is 0 Å². The summed E-state index contributed by atoms with van der Waals surface area (Å²) in [6.07, 6.45) is -2.36. The van der Waals surface area contributed by atoms with Crippen LogP contribution in [0.25, 0.3) is 11.1 Å². The molecule has 0 spiro atoms. The predicted molar refractivity (Wildman–Crippen MR) is 112 cm³/mol. The van der Waals surface area contributed by atoms with Gasteiger partial charge in [0.25, 0.3) is 0 Å².